The number of aliphatic hydroxyl groups is 1. The second kappa shape index (κ2) is 3.53. The topological polar surface area (TPSA) is 75.6 Å². The van der Waals surface area contributed by atoms with Crippen molar-refractivity contribution in [3.05, 3.63) is 11.3 Å². The van der Waals surface area contributed by atoms with Crippen molar-refractivity contribution in [1.82, 2.24) is 5.32 Å². The summed E-state index contributed by atoms with van der Waals surface area (Å²) in [6.07, 6.45) is 0.507. The van der Waals surface area contributed by atoms with Crippen LogP contribution in [0.2, 0.25) is 0 Å². The molecule has 0 unspecified atom stereocenters. The molecule has 1 saturated heterocycles. The minimum absolute atomic E-state index is 0.0412. The minimum atomic E-state index is -0.654. The normalized spacial score (nSPS) is 25.9. The molecule has 0 aromatic heterocycles. The minimum Gasteiger partial charge on any atom is -0.502 e. The number of rotatable bonds is 3. The largest absolute Gasteiger partial charge is 0.502 e. The van der Waals surface area contributed by atoms with Gasteiger partial charge >= 0.3 is 5.97 Å². The van der Waals surface area contributed by atoms with E-state index in [1.54, 1.807) is 0 Å². The number of aliphatic hydroxyl groups excluding tert-OH is 1. The van der Waals surface area contributed by atoms with Crippen LogP contribution in [0.15, 0.2) is 11.3 Å². The van der Waals surface area contributed by atoms with Gasteiger partial charge in [0.1, 0.15) is 6.61 Å². The van der Waals surface area contributed by atoms with E-state index < -0.39 is 5.97 Å². The molecule has 0 bridgehead atoms. The Morgan fingerprint density at radius 3 is 2.79 bits per heavy atom. The van der Waals surface area contributed by atoms with Gasteiger partial charge in [-0.05, 0) is 0 Å². The Morgan fingerprint density at radius 2 is 2.29 bits per heavy atom. The lowest BCUT2D eigenvalue weighted by Gasteiger charge is -2.25. The molecule has 2 aliphatic heterocycles. The average molecular weight is 215 g/mol. The van der Waals surface area contributed by atoms with E-state index in [1.165, 1.54) is 11.8 Å². The number of hydrogen-bond donors (Lipinski definition) is 2. The Kier molecular flexibility index (Phi) is 2.37. The van der Waals surface area contributed by atoms with Gasteiger partial charge in [-0.3, -0.25) is 4.79 Å². The fourth-order valence-corrected chi connectivity index (χ4v) is 2.28. The molecule has 0 aromatic carbocycles. The van der Waals surface area contributed by atoms with Crippen LogP contribution in [-0.4, -0.2) is 34.7 Å². The summed E-state index contributed by atoms with van der Waals surface area (Å²) in [5, 5.41) is 12.0. The van der Waals surface area contributed by atoms with E-state index in [1.807, 2.05) is 0 Å². The molecule has 1 fully saturated rings. The van der Waals surface area contributed by atoms with Crippen LogP contribution in [0.1, 0.15) is 6.42 Å². The van der Waals surface area contributed by atoms with Crippen LogP contribution < -0.4 is 5.32 Å². The van der Waals surface area contributed by atoms with Crippen LogP contribution in [0.5, 0.6) is 0 Å². The van der Waals surface area contributed by atoms with Crippen LogP contribution in [0.4, 0.5) is 0 Å². The number of hydrogen-bond acceptors (Lipinski definition) is 5. The highest BCUT2D eigenvalue weighted by atomic mass is 32.2. The van der Waals surface area contributed by atoms with Crippen molar-refractivity contribution >= 4 is 23.6 Å². The maximum absolute atomic E-state index is 10.8. The second-order valence-electron chi connectivity index (χ2n) is 3.10. The Bertz CT molecular complexity index is 317. The number of carbonyl (C=O) groups is 2. The quantitative estimate of drug-likeness (QED) is 0.509. The number of nitrogens with one attached hydrogen (secondary N) is 1. The van der Waals surface area contributed by atoms with E-state index in [4.69, 9.17) is 0 Å². The summed E-state index contributed by atoms with van der Waals surface area (Å²) in [5.74, 6) is -0.372. The summed E-state index contributed by atoms with van der Waals surface area (Å²) in [5.41, 5.74) is 0.598. The molecule has 2 rings (SSSR count). The van der Waals surface area contributed by atoms with Gasteiger partial charge in [0.2, 0.25) is 11.7 Å². The molecule has 0 radical (unpaired) electrons. The van der Waals surface area contributed by atoms with Gasteiger partial charge in [-0.25, -0.2) is 4.79 Å². The Morgan fingerprint density at radius 1 is 1.57 bits per heavy atom. The lowest BCUT2D eigenvalue weighted by molar-refractivity contribution is -0.138. The Hall–Kier alpha value is -1.17. The predicted octanol–water partition coefficient (Wildman–Crippen LogP) is -0.0655. The fraction of sp³-hybridized carbons (Fsp3) is 0.500. The lowest BCUT2D eigenvalue weighted by Crippen LogP contribution is -2.46. The second-order valence-corrected chi connectivity index (χ2v) is 4.29. The van der Waals surface area contributed by atoms with E-state index >= 15 is 0 Å². The van der Waals surface area contributed by atoms with E-state index in [2.05, 4.69) is 10.1 Å². The third-order valence-corrected chi connectivity index (χ3v) is 3.26. The van der Waals surface area contributed by atoms with Gasteiger partial charge in [0.25, 0.3) is 0 Å². The third kappa shape index (κ3) is 1.70. The van der Waals surface area contributed by atoms with Gasteiger partial charge in [-0.2, -0.15) is 0 Å². The molecule has 14 heavy (non-hydrogen) atoms. The highest BCUT2D eigenvalue weighted by molar-refractivity contribution is 8.00. The molecule has 2 aliphatic rings. The molecule has 2 N–H and O–H groups in total. The zero-order valence-electron chi connectivity index (χ0n) is 7.28. The van der Waals surface area contributed by atoms with Crippen LogP contribution >= 0.6 is 11.8 Å². The summed E-state index contributed by atoms with van der Waals surface area (Å²) in [6.45, 7) is 0.165. The molecule has 1 atom stereocenters. The van der Waals surface area contributed by atoms with Crippen LogP contribution in [-0.2, 0) is 14.3 Å². The van der Waals surface area contributed by atoms with Gasteiger partial charge in [0, 0.05) is 11.3 Å². The van der Waals surface area contributed by atoms with E-state index in [0.717, 1.165) is 0 Å². The summed E-state index contributed by atoms with van der Waals surface area (Å²) in [4.78, 5) is 21.3. The first kappa shape index (κ1) is 9.39. The smallest absolute Gasteiger partial charge is 0.373 e. The predicted molar refractivity (Wildman–Crippen MR) is 49.6 cm³/mol. The summed E-state index contributed by atoms with van der Waals surface area (Å²) < 4.78 is 4.62. The maximum atomic E-state index is 10.8. The molecular weight excluding hydrogens is 206 g/mol. The van der Waals surface area contributed by atoms with Gasteiger partial charge in [-0.15, -0.1) is 11.8 Å². The number of esters is 1. The van der Waals surface area contributed by atoms with Crippen molar-refractivity contribution in [2.75, 3.05) is 12.4 Å². The van der Waals surface area contributed by atoms with Crippen LogP contribution in [0, 0.1) is 0 Å². The van der Waals surface area contributed by atoms with Crippen molar-refractivity contribution in [2.24, 2.45) is 0 Å². The number of carbonyl (C=O) groups excluding carboxylic acids is 2. The van der Waals surface area contributed by atoms with Gasteiger partial charge < -0.3 is 15.2 Å². The first-order valence-electron chi connectivity index (χ1n) is 4.16. The molecule has 0 saturated carbocycles. The molecule has 1 amide bonds. The number of β-lactam (4-membered cyclic amide) rings is 1. The lowest BCUT2D eigenvalue weighted by atomic mass is 10.3. The molecule has 0 aromatic rings. The Labute approximate surface area is 84.5 Å². The highest BCUT2D eigenvalue weighted by Gasteiger charge is 2.28. The molecule has 0 aliphatic carbocycles. The van der Waals surface area contributed by atoms with E-state index in [9.17, 15) is 14.7 Å². The first-order chi connectivity index (χ1) is 6.66. The zero-order valence-corrected chi connectivity index (χ0v) is 8.10. The maximum Gasteiger partial charge on any atom is 0.373 e. The van der Waals surface area contributed by atoms with E-state index in [-0.39, 0.29) is 23.6 Å². The molecule has 0 spiro atoms. The fourth-order valence-electron chi connectivity index (χ4n) is 1.17. The van der Waals surface area contributed by atoms with Gasteiger partial charge in [0.15, 0.2) is 0 Å². The van der Waals surface area contributed by atoms with E-state index in [0.29, 0.717) is 17.7 Å². The van der Waals surface area contributed by atoms with Crippen molar-refractivity contribution < 1.29 is 19.4 Å². The standard InChI is InChI=1S/C8H9NO4S/c10-5-1-6(9-5)14-3-4-2-13-8(12)7(4)11/h6,11H,1-3H2,(H,9,10)/t6-/m0/s1. The number of ether oxygens (including phenoxy) is 1. The highest BCUT2D eigenvalue weighted by Crippen LogP contribution is 2.24. The first-order valence-corrected chi connectivity index (χ1v) is 5.21. The van der Waals surface area contributed by atoms with Crippen molar-refractivity contribution in [2.45, 2.75) is 11.8 Å². The van der Waals surface area contributed by atoms with Gasteiger partial charge in [0.05, 0.1) is 11.8 Å². The molecule has 5 nitrogen and oxygen atoms in total. The monoisotopic (exact) mass is 215 g/mol. The van der Waals surface area contributed by atoms with Crippen molar-refractivity contribution in [1.29, 1.82) is 0 Å². The zero-order chi connectivity index (χ0) is 10.1. The molecule has 2 heterocycles. The third-order valence-electron chi connectivity index (χ3n) is 2.06. The van der Waals surface area contributed by atoms with Crippen molar-refractivity contribution in [3.63, 3.8) is 0 Å². The molecular formula is C8H9NO4S. The van der Waals surface area contributed by atoms with Crippen LogP contribution in [0.25, 0.3) is 0 Å². The van der Waals surface area contributed by atoms with Crippen molar-refractivity contribution in [3.8, 4) is 0 Å². The van der Waals surface area contributed by atoms with Crippen LogP contribution in [0.3, 0.4) is 0 Å². The number of thioether (sulfide) groups is 1. The Balaban J connectivity index is 1.81. The molecule has 6 heteroatoms. The average Bonchev–Trinajstić information content (AvgIpc) is 2.41. The SMILES string of the molecule is O=C1C[C@H](SCC2=C(O)C(=O)OC2)N1. The summed E-state index contributed by atoms with van der Waals surface area (Å²) in [6, 6.07) is 0. The summed E-state index contributed by atoms with van der Waals surface area (Å²) in [7, 11) is 0. The molecule has 76 valence electrons. The van der Waals surface area contributed by atoms with Gasteiger partial charge in [-0.1, -0.05) is 0 Å². The number of cyclic esters (lactones) is 1. The summed E-state index contributed by atoms with van der Waals surface area (Å²) >= 11 is 1.49. The number of amides is 1.